The lowest BCUT2D eigenvalue weighted by Crippen LogP contribution is -2.21. The van der Waals surface area contributed by atoms with Crippen LogP contribution in [0.5, 0.6) is 0 Å². The second kappa shape index (κ2) is 7.81. The quantitative estimate of drug-likeness (QED) is 0.843. The fourth-order valence-electron chi connectivity index (χ4n) is 2.43. The van der Waals surface area contributed by atoms with Crippen LogP contribution >= 0.6 is 23.2 Å². The molecule has 0 aromatic heterocycles. The van der Waals surface area contributed by atoms with Gasteiger partial charge in [-0.3, -0.25) is 0 Å². The summed E-state index contributed by atoms with van der Waals surface area (Å²) in [4.78, 5) is 0. The maximum atomic E-state index is 10.3. The van der Waals surface area contributed by atoms with Crippen LogP contribution in [0.2, 0.25) is 10.0 Å². The molecule has 2 rings (SSSR count). The molecule has 2 aromatic carbocycles. The van der Waals surface area contributed by atoms with Gasteiger partial charge in [-0.1, -0.05) is 59.6 Å². The Labute approximate surface area is 135 Å². The molecule has 0 aliphatic rings. The lowest BCUT2D eigenvalue weighted by Gasteiger charge is -2.20. The first kappa shape index (κ1) is 16.3. The summed E-state index contributed by atoms with van der Waals surface area (Å²) in [6.07, 6.45) is 0.789. The first-order valence-electron chi connectivity index (χ1n) is 6.97. The molecule has 21 heavy (non-hydrogen) atoms. The van der Waals surface area contributed by atoms with E-state index in [0.29, 0.717) is 29.4 Å². The number of aliphatic hydroxyl groups excluding tert-OH is 1. The van der Waals surface area contributed by atoms with Crippen LogP contribution in [0.3, 0.4) is 0 Å². The lowest BCUT2D eigenvalue weighted by molar-refractivity contribution is 0.156. The minimum atomic E-state index is -0.435. The van der Waals surface area contributed by atoms with Crippen molar-refractivity contribution in [3.63, 3.8) is 0 Å². The van der Waals surface area contributed by atoms with E-state index in [2.05, 4.69) is 0 Å². The van der Waals surface area contributed by atoms with Crippen molar-refractivity contribution in [3.8, 4) is 0 Å². The monoisotopic (exact) mass is 323 g/mol. The predicted molar refractivity (Wildman–Crippen MR) is 89.0 cm³/mol. The number of benzene rings is 2. The number of aliphatic hydroxyl groups is 1. The summed E-state index contributed by atoms with van der Waals surface area (Å²) in [5.74, 6) is 0.0680. The SMILES string of the molecule is NCC(CC(O)Cc1ccccc1)c1ccc(Cl)c(Cl)c1. The standard InChI is InChI=1S/C17H19Cl2NO/c18-16-7-6-13(10-17(16)19)14(11-20)9-15(21)8-12-4-2-1-3-5-12/h1-7,10,14-15,21H,8-9,11,20H2. The zero-order valence-electron chi connectivity index (χ0n) is 11.7. The van der Waals surface area contributed by atoms with E-state index in [9.17, 15) is 5.11 Å². The lowest BCUT2D eigenvalue weighted by atomic mass is 9.91. The molecule has 2 aromatic rings. The third kappa shape index (κ3) is 4.72. The molecule has 2 nitrogen and oxygen atoms in total. The zero-order valence-corrected chi connectivity index (χ0v) is 13.2. The molecular formula is C17H19Cl2NO. The molecule has 0 fully saturated rings. The Hall–Kier alpha value is -1.06. The highest BCUT2D eigenvalue weighted by atomic mass is 35.5. The second-order valence-corrected chi connectivity index (χ2v) is 6.00. The summed E-state index contributed by atoms with van der Waals surface area (Å²) in [5.41, 5.74) is 7.98. The van der Waals surface area contributed by atoms with Crippen LogP contribution in [0.15, 0.2) is 48.5 Å². The molecule has 112 valence electrons. The van der Waals surface area contributed by atoms with Crippen LogP contribution in [0.25, 0.3) is 0 Å². The van der Waals surface area contributed by atoms with Gasteiger partial charge in [0.05, 0.1) is 16.1 Å². The van der Waals surface area contributed by atoms with Crippen molar-refractivity contribution in [1.29, 1.82) is 0 Å². The van der Waals surface area contributed by atoms with Crippen molar-refractivity contribution in [3.05, 3.63) is 69.7 Å². The van der Waals surface area contributed by atoms with Crippen LogP contribution in [0.1, 0.15) is 23.5 Å². The number of hydrogen-bond donors (Lipinski definition) is 2. The number of nitrogens with two attached hydrogens (primary N) is 1. The Morgan fingerprint density at radius 3 is 2.33 bits per heavy atom. The molecule has 0 aliphatic carbocycles. The molecule has 0 bridgehead atoms. The molecule has 0 radical (unpaired) electrons. The van der Waals surface area contributed by atoms with Crippen molar-refractivity contribution in [2.24, 2.45) is 5.73 Å². The second-order valence-electron chi connectivity index (χ2n) is 5.19. The van der Waals surface area contributed by atoms with E-state index in [1.54, 1.807) is 6.07 Å². The maximum Gasteiger partial charge on any atom is 0.0595 e. The molecule has 0 saturated carbocycles. The van der Waals surface area contributed by atoms with E-state index >= 15 is 0 Å². The van der Waals surface area contributed by atoms with Gasteiger partial charge in [0.15, 0.2) is 0 Å². The highest BCUT2D eigenvalue weighted by Crippen LogP contribution is 2.28. The largest absolute Gasteiger partial charge is 0.393 e. The molecule has 0 heterocycles. The van der Waals surface area contributed by atoms with Crippen LogP contribution in [-0.4, -0.2) is 17.8 Å². The van der Waals surface area contributed by atoms with Crippen molar-refractivity contribution in [2.45, 2.75) is 24.9 Å². The summed E-state index contributed by atoms with van der Waals surface area (Å²) in [7, 11) is 0. The van der Waals surface area contributed by atoms with Gasteiger partial charge < -0.3 is 10.8 Å². The van der Waals surface area contributed by atoms with Crippen LogP contribution in [-0.2, 0) is 6.42 Å². The fourth-order valence-corrected chi connectivity index (χ4v) is 2.74. The van der Waals surface area contributed by atoms with Gasteiger partial charge in [-0.15, -0.1) is 0 Å². The fraction of sp³-hybridized carbons (Fsp3) is 0.294. The molecule has 2 unspecified atom stereocenters. The molecule has 3 N–H and O–H groups in total. The average molecular weight is 324 g/mol. The minimum absolute atomic E-state index is 0.0680. The van der Waals surface area contributed by atoms with Crippen molar-refractivity contribution < 1.29 is 5.11 Å². The van der Waals surface area contributed by atoms with Crippen LogP contribution < -0.4 is 5.73 Å². The van der Waals surface area contributed by atoms with E-state index in [1.807, 2.05) is 42.5 Å². The first-order chi connectivity index (χ1) is 10.1. The Bertz CT molecular complexity index is 574. The smallest absolute Gasteiger partial charge is 0.0595 e. The molecule has 4 heteroatoms. The highest BCUT2D eigenvalue weighted by Gasteiger charge is 2.16. The van der Waals surface area contributed by atoms with Gasteiger partial charge in [-0.25, -0.2) is 0 Å². The number of halogens is 2. The third-order valence-electron chi connectivity index (χ3n) is 3.57. The normalized spacial score (nSPS) is 13.9. The maximum absolute atomic E-state index is 10.3. The Morgan fingerprint density at radius 2 is 1.71 bits per heavy atom. The zero-order chi connectivity index (χ0) is 15.2. The van der Waals surface area contributed by atoms with Gasteiger partial charge >= 0.3 is 0 Å². The Kier molecular flexibility index (Phi) is 6.07. The van der Waals surface area contributed by atoms with E-state index in [0.717, 1.165) is 11.1 Å². The minimum Gasteiger partial charge on any atom is -0.393 e. The van der Waals surface area contributed by atoms with Crippen molar-refractivity contribution >= 4 is 23.2 Å². The first-order valence-corrected chi connectivity index (χ1v) is 7.72. The summed E-state index contributed by atoms with van der Waals surface area (Å²) in [6, 6.07) is 15.5. The van der Waals surface area contributed by atoms with Gasteiger partial charge in [-0.2, -0.15) is 0 Å². The third-order valence-corrected chi connectivity index (χ3v) is 4.31. The topological polar surface area (TPSA) is 46.2 Å². The van der Waals surface area contributed by atoms with Crippen LogP contribution in [0, 0.1) is 0 Å². The summed E-state index contributed by atoms with van der Waals surface area (Å²) in [6.45, 7) is 0.462. The van der Waals surface area contributed by atoms with E-state index < -0.39 is 6.10 Å². The Balaban J connectivity index is 2.02. The van der Waals surface area contributed by atoms with Crippen molar-refractivity contribution in [1.82, 2.24) is 0 Å². The molecular weight excluding hydrogens is 305 g/mol. The van der Waals surface area contributed by atoms with E-state index in [-0.39, 0.29) is 5.92 Å². The van der Waals surface area contributed by atoms with Gasteiger partial charge in [0, 0.05) is 0 Å². The predicted octanol–water partition coefficient (Wildman–Crippen LogP) is 4.03. The molecule has 0 saturated heterocycles. The molecule has 0 aliphatic heterocycles. The molecule has 0 amide bonds. The summed E-state index contributed by atoms with van der Waals surface area (Å²) in [5, 5.41) is 11.3. The van der Waals surface area contributed by atoms with E-state index in [4.69, 9.17) is 28.9 Å². The summed E-state index contributed by atoms with van der Waals surface area (Å²) >= 11 is 12.0. The van der Waals surface area contributed by atoms with Gasteiger partial charge in [0.25, 0.3) is 0 Å². The molecule has 2 atom stereocenters. The molecule has 0 spiro atoms. The number of rotatable bonds is 6. The average Bonchev–Trinajstić information content (AvgIpc) is 2.49. The van der Waals surface area contributed by atoms with E-state index in [1.165, 1.54) is 0 Å². The van der Waals surface area contributed by atoms with Gasteiger partial charge in [0.1, 0.15) is 0 Å². The van der Waals surface area contributed by atoms with Gasteiger partial charge in [-0.05, 0) is 48.6 Å². The van der Waals surface area contributed by atoms with Crippen molar-refractivity contribution in [2.75, 3.05) is 6.54 Å². The highest BCUT2D eigenvalue weighted by molar-refractivity contribution is 6.42. The Morgan fingerprint density at radius 1 is 1.00 bits per heavy atom. The summed E-state index contributed by atoms with van der Waals surface area (Å²) < 4.78 is 0. The van der Waals surface area contributed by atoms with Crippen LogP contribution in [0.4, 0.5) is 0 Å². The number of hydrogen-bond acceptors (Lipinski definition) is 2. The van der Waals surface area contributed by atoms with Gasteiger partial charge in [0.2, 0.25) is 0 Å².